The number of fused-ring (bicyclic) bond motifs is 2. The van der Waals surface area contributed by atoms with Gasteiger partial charge < -0.3 is 0 Å². The second-order valence-corrected chi connectivity index (χ2v) is 5.06. The number of rotatable bonds is 2. The van der Waals surface area contributed by atoms with E-state index in [0.29, 0.717) is 0 Å². The molecule has 0 spiro atoms. The van der Waals surface area contributed by atoms with Gasteiger partial charge in [0.05, 0.1) is 30.0 Å². The zero-order chi connectivity index (χ0) is 13.5. The number of H-pyrrole nitrogens is 1. The monoisotopic (exact) mass is 262 g/mol. The summed E-state index contributed by atoms with van der Waals surface area (Å²) in [6, 6.07) is 12.5. The molecule has 4 heteroatoms. The second kappa shape index (κ2) is 4.20. The van der Waals surface area contributed by atoms with E-state index in [0.717, 1.165) is 17.4 Å². The number of nitrogens with zero attached hydrogens (tertiary/aromatic N) is 3. The Balaban J connectivity index is 1.85. The predicted molar refractivity (Wildman–Crippen MR) is 79.7 cm³/mol. The third kappa shape index (κ3) is 1.61. The fourth-order valence-corrected chi connectivity index (χ4v) is 2.70. The molecule has 0 fully saturated rings. The average Bonchev–Trinajstić information content (AvgIpc) is 3.07. The van der Waals surface area contributed by atoms with Gasteiger partial charge in [0.2, 0.25) is 0 Å². The lowest BCUT2D eigenvalue weighted by molar-refractivity contribution is 0.716. The van der Waals surface area contributed by atoms with Gasteiger partial charge >= 0.3 is 0 Å². The van der Waals surface area contributed by atoms with Crippen LogP contribution in [0.15, 0.2) is 48.8 Å². The van der Waals surface area contributed by atoms with Crippen molar-refractivity contribution in [3.05, 3.63) is 59.9 Å². The van der Waals surface area contributed by atoms with Crippen LogP contribution in [0, 0.1) is 6.92 Å². The molecule has 2 aromatic heterocycles. The van der Waals surface area contributed by atoms with Crippen molar-refractivity contribution in [2.75, 3.05) is 0 Å². The van der Waals surface area contributed by atoms with E-state index in [2.05, 4.69) is 46.5 Å². The largest absolute Gasteiger partial charge is 0.278 e. The van der Waals surface area contributed by atoms with Gasteiger partial charge in [-0.15, -0.1) is 0 Å². The summed E-state index contributed by atoms with van der Waals surface area (Å²) in [6.45, 7) is 2.87. The fourth-order valence-electron chi connectivity index (χ4n) is 2.70. The molecule has 4 rings (SSSR count). The highest BCUT2D eigenvalue weighted by atomic mass is 15.3. The quantitative estimate of drug-likeness (QED) is 0.602. The maximum Gasteiger partial charge on any atom is 0.0689 e. The molecular weight excluding hydrogens is 248 g/mol. The van der Waals surface area contributed by atoms with Gasteiger partial charge in [-0.25, -0.2) is 0 Å². The molecule has 0 unspecified atom stereocenters. The summed E-state index contributed by atoms with van der Waals surface area (Å²) in [5, 5.41) is 14.0. The highest BCUT2D eigenvalue weighted by Gasteiger charge is 2.07. The molecule has 0 amide bonds. The molecule has 20 heavy (non-hydrogen) atoms. The molecule has 4 aromatic rings. The molecule has 2 aromatic carbocycles. The zero-order valence-corrected chi connectivity index (χ0v) is 11.2. The van der Waals surface area contributed by atoms with Crippen LogP contribution in [0.5, 0.6) is 0 Å². The minimum absolute atomic E-state index is 0.754. The van der Waals surface area contributed by atoms with Crippen molar-refractivity contribution in [1.82, 2.24) is 20.0 Å². The number of nitrogens with one attached hydrogen (secondary N) is 1. The third-order valence-corrected chi connectivity index (χ3v) is 3.80. The average molecular weight is 262 g/mol. The highest BCUT2D eigenvalue weighted by Crippen LogP contribution is 2.21. The minimum Gasteiger partial charge on any atom is -0.278 e. The van der Waals surface area contributed by atoms with E-state index in [1.807, 2.05) is 29.2 Å². The van der Waals surface area contributed by atoms with E-state index in [4.69, 9.17) is 0 Å². The third-order valence-electron chi connectivity index (χ3n) is 3.80. The standard InChI is InChI=1S/C16H14N4/c1-11-4-2-7-16-13(11)9-18-20(16)10-12-5-3-6-15-14(12)8-17-19-15/h2-9H,10H2,1H3,(H,17,19). The maximum absolute atomic E-state index is 4.53. The smallest absolute Gasteiger partial charge is 0.0689 e. The lowest BCUT2D eigenvalue weighted by Gasteiger charge is -2.05. The number of aromatic nitrogens is 4. The van der Waals surface area contributed by atoms with Gasteiger partial charge in [0, 0.05) is 10.8 Å². The number of benzene rings is 2. The minimum atomic E-state index is 0.754. The van der Waals surface area contributed by atoms with E-state index >= 15 is 0 Å². The summed E-state index contributed by atoms with van der Waals surface area (Å²) in [4.78, 5) is 0. The highest BCUT2D eigenvalue weighted by molar-refractivity contribution is 5.83. The van der Waals surface area contributed by atoms with E-state index in [9.17, 15) is 0 Å². The van der Waals surface area contributed by atoms with E-state index in [1.165, 1.54) is 22.0 Å². The Labute approximate surface area is 116 Å². The van der Waals surface area contributed by atoms with Gasteiger partial charge in [-0.3, -0.25) is 9.78 Å². The lowest BCUT2D eigenvalue weighted by Crippen LogP contribution is -2.01. The fraction of sp³-hybridized carbons (Fsp3) is 0.125. The lowest BCUT2D eigenvalue weighted by atomic mass is 10.1. The van der Waals surface area contributed by atoms with Gasteiger partial charge in [-0.05, 0) is 30.2 Å². The normalized spacial score (nSPS) is 11.4. The molecule has 0 atom stereocenters. The Morgan fingerprint density at radius 1 is 1.05 bits per heavy atom. The zero-order valence-electron chi connectivity index (χ0n) is 11.2. The van der Waals surface area contributed by atoms with Crippen molar-refractivity contribution < 1.29 is 0 Å². The Kier molecular flexibility index (Phi) is 2.36. The van der Waals surface area contributed by atoms with Gasteiger partial charge in [0.1, 0.15) is 0 Å². The molecule has 1 N–H and O–H groups in total. The summed E-state index contributed by atoms with van der Waals surface area (Å²) in [6.07, 6.45) is 3.82. The van der Waals surface area contributed by atoms with Crippen molar-refractivity contribution in [2.45, 2.75) is 13.5 Å². The Morgan fingerprint density at radius 3 is 2.90 bits per heavy atom. The van der Waals surface area contributed by atoms with Crippen molar-refractivity contribution >= 4 is 21.8 Å². The molecular formula is C16H14N4. The van der Waals surface area contributed by atoms with E-state index < -0.39 is 0 Å². The number of hydrogen-bond donors (Lipinski definition) is 1. The predicted octanol–water partition coefficient (Wildman–Crippen LogP) is 3.27. The first-order valence-corrected chi connectivity index (χ1v) is 6.65. The summed E-state index contributed by atoms with van der Waals surface area (Å²) in [7, 11) is 0. The van der Waals surface area contributed by atoms with E-state index in [1.54, 1.807) is 0 Å². The second-order valence-electron chi connectivity index (χ2n) is 5.06. The van der Waals surface area contributed by atoms with Crippen LogP contribution in [0.1, 0.15) is 11.1 Å². The number of aryl methyl sites for hydroxylation is 1. The number of hydrogen-bond acceptors (Lipinski definition) is 2. The van der Waals surface area contributed by atoms with Crippen molar-refractivity contribution in [3.8, 4) is 0 Å². The molecule has 0 radical (unpaired) electrons. The Morgan fingerprint density at radius 2 is 1.95 bits per heavy atom. The Bertz CT molecular complexity index is 901. The van der Waals surface area contributed by atoms with Crippen LogP contribution >= 0.6 is 0 Å². The van der Waals surface area contributed by atoms with E-state index in [-0.39, 0.29) is 0 Å². The van der Waals surface area contributed by atoms with Crippen LogP contribution < -0.4 is 0 Å². The summed E-state index contributed by atoms with van der Waals surface area (Å²) < 4.78 is 2.05. The summed E-state index contributed by atoms with van der Waals surface area (Å²) in [5.74, 6) is 0. The first-order valence-electron chi connectivity index (χ1n) is 6.65. The van der Waals surface area contributed by atoms with Gasteiger partial charge in [-0.1, -0.05) is 24.3 Å². The topological polar surface area (TPSA) is 46.5 Å². The van der Waals surface area contributed by atoms with Crippen LogP contribution in [0.25, 0.3) is 21.8 Å². The van der Waals surface area contributed by atoms with Crippen LogP contribution in [0.2, 0.25) is 0 Å². The maximum atomic E-state index is 4.53. The first-order chi connectivity index (χ1) is 9.83. The van der Waals surface area contributed by atoms with Crippen molar-refractivity contribution in [1.29, 1.82) is 0 Å². The molecule has 2 heterocycles. The molecule has 0 aliphatic heterocycles. The Hall–Kier alpha value is -2.62. The molecule has 0 bridgehead atoms. The summed E-state index contributed by atoms with van der Waals surface area (Å²) in [5.41, 5.74) is 4.72. The van der Waals surface area contributed by atoms with Gasteiger partial charge in [0.25, 0.3) is 0 Å². The SMILES string of the molecule is Cc1cccc2c1cnn2Cc1cccc2[nH]ncc12. The first kappa shape index (κ1) is 11.2. The number of aromatic amines is 1. The van der Waals surface area contributed by atoms with Crippen molar-refractivity contribution in [2.24, 2.45) is 0 Å². The van der Waals surface area contributed by atoms with Crippen LogP contribution in [-0.2, 0) is 6.54 Å². The molecule has 98 valence electrons. The summed E-state index contributed by atoms with van der Waals surface area (Å²) >= 11 is 0. The molecule has 0 saturated heterocycles. The van der Waals surface area contributed by atoms with Crippen LogP contribution in [0.3, 0.4) is 0 Å². The van der Waals surface area contributed by atoms with Crippen LogP contribution in [-0.4, -0.2) is 20.0 Å². The molecule has 0 saturated carbocycles. The van der Waals surface area contributed by atoms with Crippen LogP contribution in [0.4, 0.5) is 0 Å². The van der Waals surface area contributed by atoms with Gasteiger partial charge in [-0.2, -0.15) is 10.2 Å². The molecule has 0 aliphatic rings. The van der Waals surface area contributed by atoms with Gasteiger partial charge in [0.15, 0.2) is 0 Å². The molecule has 0 aliphatic carbocycles. The molecule has 4 nitrogen and oxygen atoms in total. The van der Waals surface area contributed by atoms with Crippen molar-refractivity contribution in [3.63, 3.8) is 0 Å².